The molecule has 6 nitrogen and oxygen atoms in total. The average Bonchev–Trinajstić information content (AvgIpc) is 2.83. The molecule has 0 saturated carbocycles. The Labute approximate surface area is 186 Å². The molecular weight excluding hydrogens is 394 g/mol. The molecule has 0 unspecified atom stereocenters. The van der Waals surface area contributed by atoms with E-state index in [1.807, 2.05) is 24.3 Å². The van der Waals surface area contributed by atoms with Gasteiger partial charge in [0.15, 0.2) is 0 Å². The minimum absolute atomic E-state index is 0.437. The molecule has 1 aliphatic rings. The quantitative estimate of drug-likeness (QED) is 0.541. The summed E-state index contributed by atoms with van der Waals surface area (Å²) >= 11 is 0. The van der Waals surface area contributed by atoms with Crippen LogP contribution in [-0.2, 0) is 17.6 Å². The first-order valence-electron chi connectivity index (χ1n) is 10.9. The highest BCUT2D eigenvalue weighted by Gasteiger charge is 2.19. The zero-order chi connectivity index (χ0) is 22.1. The van der Waals surface area contributed by atoms with E-state index >= 15 is 0 Å². The van der Waals surface area contributed by atoms with Crippen molar-refractivity contribution >= 4 is 0 Å². The number of benzene rings is 2. The first kappa shape index (κ1) is 23.2. The lowest BCUT2D eigenvalue weighted by atomic mass is 9.89. The van der Waals surface area contributed by atoms with Crippen molar-refractivity contribution in [3.05, 3.63) is 47.5 Å². The van der Waals surface area contributed by atoms with Crippen molar-refractivity contribution < 1.29 is 23.7 Å². The smallest absolute Gasteiger partial charge is 0.125 e. The summed E-state index contributed by atoms with van der Waals surface area (Å²) in [4.78, 5) is 2.49. The Morgan fingerprint density at radius 2 is 1.29 bits per heavy atom. The van der Waals surface area contributed by atoms with Gasteiger partial charge in [-0.15, -0.1) is 0 Å². The molecule has 31 heavy (non-hydrogen) atoms. The van der Waals surface area contributed by atoms with Crippen LogP contribution in [0, 0.1) is 5.92 Å². The maximum atomic E-state index is 5.66. The van der Waals surface area contributed by atoms with Crippen LogP contribution in [0.1, 0.15) is 17.5 Å². The van der Waals surface area contributed by atoms with Gasteiger partial charge in [-0.25, -0.2) is 0 Å². The zero-order valence-electron chi connectivity index (χ0n) is 19.2. The number of morpholine rings is 1. The van der Waals surface area contributed by atoms with Crippen LogP contribution in [0.5, 0.6) is 23.0 Å². The predicted molar refractivity (Wildman–Crippen MR) is 122 cm³/mol. The Bertz CT molecular complexity index is 762. The summed E-state index contributed by atoms with van der Waals surface area (Å²) in [5.41, 5.74) is 2.39. The van der Waals surface area contributed by atoms with Gasteiger partial charge in [0.05, 0.1) is 41.7 Å². The van der Waals surface area contributed by atoms with E-state index in [-0.39, 0.29) is 0 Å². The van der Waals surface area contributed by atoms with Crippen LogP contribution in [0.15, 0.2) is 36.4 Å². The molecule has 0 radical (unpaired) electrons. The van der Waals surface area contributed by atoms with Gasteiger partial charge in [0, 0.05) is 25.2 Å². The highest BCUT2D eigenvalue weighted by Crippen LogP contribution is 2.32. The van der Waals surface area contributed by atoms with E-state index in [0.29, 0.717) is 5.92 Å². The lowest BCUT2D eigenvalue weighted by Gasteiger charge is -2.29. The molecular formula is C25H35NO5. The molecule has 170 valence electrons. The molecule has 0 aromatic heterocycles. The third-order valence-electron chi connectivity index (χ3n) is 5.96. The molecule has 3 rings (SSSR count). The molecule has 1 fully saturated rings. The van der Waals surface area contributed by atoms with E-state index in [9.17, 15) is 0 Å². The van der Waals surface area contributed by atoms with Gasteiger partial charge in [0.1, 0.15) is 23.0 Å². The number of nitrogens with zero attached hydrogens (tertiary/aromatic N) is 1. The average molecular weight is 430 g/mol. The number of hydrogen-bond acceptors (Lipinski definition) is 6. The Balaban J connectivity index is 1.79. The van der Waals surface area contributed by atoms with Crippen molar-refractivity contribution in [3.8, 4) is 23.0 Å². The van der Waals surface area contributed by atoms with Crippen LogP contribution in [0.3, 0.4) is 0 Å². The molecule has 2 aromatic carbocycles. The topological polar surface area (TPSA) is 49.4 Å². The number of hydrogen-bond donors (Lipinski definition) is 0. The van der Waals surface area contributed by atoms with E-state index in [1.54, 1.807) is 28.4 Å². The first-order valence-corrected chi connectivity index (χ1v) is 10.9. The second kappa shape index (κ2) is 11.8. The van der Waals surface area contributed by atoms with E-state index < -0.39 is 0 Å². The molecule has 2 aromatic rings. The van der Waals surface area contributed by atoms with E-state index in [1.165, 1.54) is 11.1 Å². The fourth-order valence-corrected chi connectivity index (χ4v) is 4.13. The number of methoxy groups -OCH3 is 4. The van der Waals surface area contributed by atoms with Gasteiger partial charge in [-0.05, 0) is 55.0 Å². The molecule has 1 saturated heterocycles. The summed E-state index contributed by atoms with van der Waals surface area (Å²) < 4.78 is 27.6. The predicted octanol–water partition coefficient (Wildman–Crippen LogP) is 3.84. The van der Waals surface area contributed by atoms with Crippen LogP contribution in [0.2, 0.25) is 0 Å². The summed E-state index contributed by atoms with van der Waals surface area (Å²) in [6, 6.07) is 12.2. The third kappa shape index (κ3) is 6.52. The third-order valence-corrected chi connectivity index (χ3v) is 5.96. The second-order valence-electron chi connectivity index (χ2n) is 7.87. The van der Waals surface area contributed by atoms with Gasteiger partial charge in [-0.2, -0.15) is 0 Å². The van der Waals surface area contributed by atoms with Crippen molar-refractivity contribution in [1.29, 1.82) is 0 Å². The van der Waals surface area contributed by atoms with E-state index in [0.717, 1.165) is 75.1 Å². The molecule has 0 aliphatic carbocycles. The van der Waals surface area contributed by atoms with Crippen LogP contribution in [0.25, 0.3) is 0 Å². The van der Waals surface area contributed by atoms with Gasteiger partial charge in [0.25, 0.3) is 0 Å². The zero-order valence-corrected chi connectivity index (χ0v) is 19.2. The SMILES string of the molecule is COc1ccc(CC(CCN2CCOCC2)Cc2ccc(OC)cc2OC)c(OC)c1. The molecule has 1 aliphatic heterocycles. The minimum Gasteiger partial charge on any atom is -0.497 e. The van der Waals surface area contributed by atoms with Crippen molar-refractivity contribution in [1.82, 2.24) is 4.90 Å². The molecule has 0 N–H and O–H groups in total. The Kier molecular flexibility index (Phi) is 8.85. The number of rotatable bonds is 11. The molecule has 0 bridgehead atoms. The number of ether oxygens (including phenoxy) is 5. The Hall–Kier alpha value is -2.44. The van der Waals surface area contributed by atoms with Crippen LogP contribution >= 0.6 is 0 Å². The fourth-order valence-electron chi connectivity index (χ4n) is 4.13. The van der Waals surface area contributed by atoms with Gasteiger partial charge in [-0.1, -0.05) is 12.1 Å². The molecule has 6 heteroatoms. The largest absolute Gasteiger partial charge is 0.497 e. The van der Waals surface area contributed by atoms with E-state index in [2.05, 4.69) is 17.0 Å². The molecule has 1 heterocycles. The molecule has 0 spiro atoms. The highest BCUT2D eigenvalue weighted by molar-refractivity contribution is 5.43. The summed E-state index contributed by atoms with van der Waals surface area (Å²) in [7, 11) is 6.78. The van der Waals surface area contributed by atoms with Crippen LogP contribution in [0.4, 0.5) is 0 Å². The summed E-state index contributed by atoms with van der Waals surface area (Å²) in [5, 5.41) is 0. The van der Waals surface area contributed by atoms with Crippen molar-refractivity contribution in [2.75, 3.05) is 61.3 Å². The van der Waals surface area contributed by atoms with Crippen molar-refractivity contribution in [3.63, 3.8) is 0 Å². The van der Waals surface area contributed by atoms with Crippen molar-refractivity contribution in [2.24, 2.45) is 5.92 Å². The monoisotopic (exact) mass is 429 g/mol. The maximum absolute atomic E-state index is 5.66. The highest BCUT2D eigenvalue weighted by atomic mass is 16.5. The lowest BCUT2D eigenvalue weighted by molar-refractivity contribution is 0.0353. The van der Waals surface area contributed by atoms with Crippen LogP contribution < -0.4 is 18.9 Å². The van der Waals surface area contributed by atoms with Crippen molar-refractivity contribution in [2.45, 2.75) is 19.3 Å². The lowest BCUT2D eigenvalue weighted by Crippen LogP contribution is -2.37. The second-order valence-corrected chi connectivity index (χ2v) is 7.87. The first-order chi connectivity index (χ1) is 15.2. The summed E-state index contributed by atoms with van der Waals surface area (Å²) in [5.74, 6) is 3.80. The Morgan fingerprint density at radius 3 is 1.74 bits per heavy atom. The normalized spacial score (nSPS) is 14.5. The van der Waals surface area contributed by atoms with Gasteiger partial charge in [-0.3, -0.25) is 4.90 Å². The molecule has 0 amide bonds. The standard InChI is InChI=1S/C25H35NO5/c1-27-22-7-5-20(24(17-22)29-3)15-19(9-10-26-11-13-31-14-12-26)16-21-6-8-23(28-2)18-25(21)30-4/h5-8,17-19H,9-16H2,1-4H3. The van der Waals surface area contributed by atoms with Crippen LogP contribution in [-0.4, -0.2) is 66.2 Å². The Morgan fingerprint density at radius 1 is 0.774 bits per heavy atom. The molecule has 0 atom stereocenters. The van der Waals surface area contributed by atoms with Gasteiger partial charge < -0.3 is 23.7 Å². The fraction of sp³-hybridized carbons (Fsp3) is 0.520. The maximum Gasteiger partial charge on any atom is 0.125 e. The van der Waals surface area contributed by atoms with Gasteiger partial charge in [0.2, 0.25) is 0 Å². The van der Waals surface area contributed by atoms with E-state index in [4.69, 9.17) is 23.7 Å². The minimum atomic E-state index is 0.437. The van der Waals surface area contributed by atoms with Gasteiger partial charge >= 0.3 is 0 Å². The summed E-state index contributed by atoms with van der Waals surface area (Å²) in [6.07, 6.45) is 2.93. The summed E-state index contributed by atoms with van der Waals surface area (Å²) in [6.45, 7) is 4.71.